The summed E-state index contributed by atoms with van der Waals surface area (Å²) in [7, 11) is 8.17. The zero-order chi connectivity index (χ0) is 67.8. The molecule has 1 aliphatic rings. The fourth-order valence-corrected chi connectivity index (χ4v) is 11.6. The molecule has 10 N–H and O–H groups in total. The van der Waals surface area contributed by atoms with Gasteiger partial charge in [-0.3, -0.25) is 38.6 Å². The number of ether oxygens (including phenoxy) is 3. The second-order valence-electron chi connectivity index (χ2n) is 25.1. The van der Waals surface area contributed by atoms with Crippen molar-refractivity contribution in [2.75, 3.05) is 65.2 Å². The van der Waals surface area contributed by atoms with Crippen LogP contribution in [0.2, 0.25) is 0 Å². The van der Waals surface area contributed by atoms with Crippen LogP contribution in [0.25, 0.3) is 0 Å². The van der Waals surface area contributed by atoms with E-state index in [1.165, 1.54) is 19.1 Å². The van der Waals surface area contributed by atoms with E-state index in [4.69, 9.17) is 25.7 Å². The van der Waals surface area contributed by atoms with Crippen molar-refractivity contribution in [2.45, 2.75) is 175 Å². The lowest BCUT2D eigenvalue weighted by atomic mass is 9.89. The van der Waals surface area contributed by atoms with Crippen LogP contribution in [0.15, 0.2) is 78.9 Å². The molecule has 9 amide bonds. The number of methoxy groups -OCH3 is 2. The predicted octanol–water partition coefficient (Wildman–Crippen LogP) is 5.69. The molecule has 0 bridgehead atoms. The fourth-order valence-electron chi connectivity index (χ4n) is 11.6. The number of nitrogens with one attached hydrogen (secondary N) is 5. The molecule has 0 aromatic heterocycles. The van der Waals surface area contributed by atoms with Gasteiger partial charge < -0.3 is 67.2 Å². The van der Waals surface area contributed by atoms with Crippen molar-refractivity contribution < 1.29 is 62.5 Å². The zero-order valence-corrected chi connectivity index (χ0v) is 55.9. The van der Waals surface area contributed by atoms with Gasteiger partial charge in [-0.2, -0.15) is 0 Å². The molecule has 1 aliphatic heterocycles. The van der Waals surface area contributed by atoms with Gasteiger partial charge in [0.05, 0.1) is 48.7 Å². The number of likely N-dealkylation sites (tertiary alicyclic amines) is 1. The molecule has 24 heteroatoms. The first-order valence-corrected chi connectivity index (χ1v) is 31.7. The number of primary amides is 1. The van der Waals surface area contributed by atoms with E-state index in [1.54, 1.807) is 93.2 Å². The average molecular weight is 1270 g/mol. The number of carboxylic acids is 1. The third-order valence-electron chi connectivity index (χ3n) is 17.3. The molecule has 4 rings (SSSR count). The summed E-state index contributed by atoms with van der Waals surface area (Å²) in [5.41, 5.74) is 14.6. The Morgan fingerprint density at radius 2 is 1.35 bits per heavy atom. The number of benzene rings is 3. The normalized spacial score (nSPS) is 16.5. The second-order valence-corrected chi connectivity index (χ2v) is 25.1. The number of hydrogen-bond acceptors (Lipinski definition) is 14. The molecule has 1 heterocycles. The Balaban J connectivity index is 1.35. The minimum atomic E-state index is -1.17. The number of anilines is 2. The van der Waals surface area contributed by atoms with Crippen molar-refractivity contribution in [3.8, 4) is 0 Å². The Bertz CT molecular complexity index is 2840. The summed E-state index contributed by atoms with van der Waals surface area (Å²) in [6, 6.07) is 17.0. The monoisotopic (exact) mass is 1270 g/mol. The van der Waals surface area contributed by atoms with Crippen LogP contribution in [0.1, 0.15) is 118 Å². The molecule has 11 unspecified atom stereocenters. The number of amides is 9. The molecule has 91 heavy (non-hydrogen) atoms. The van der Waals surface area contributed by atoms with Crippen LogP contribution in [-0.2, 0) is 67.2 Å². The van der Waals surface area contributed by atoms with E-state index >= 15 is 0 Å². The van der Waals surface area contributed by atoms with E-state index in [0.29, 0.717) is 62.1 Å². The van der Waals surface area contributed by atoms with Gasteiger partial charge in [0.1, 0.15) is 24.7 Å². The van der Waals surface area contributed by atoms with Gasteiger partial charge in [-0.15, -0.1) is 0 Å². The van der Waals surface area contributed by atoms with Crippen molar-refractivity contribution in [1.29, 1.82) is 0 Å². The van der Waals surface area contributed by atoms with Gasteiger partial charge in [-0.05, 0) is 104 Å². The molecule has 0 spiro atoms. The molecule has 1 saturated heterocycles. The number of carbonyl (C=O) groups excluding carboxylic acids is 8. The lowest BCUT2D eigenvalue weighted by molar-refractivity contribution is -0.148. The maximum Gasteiger partial charge on any atom is 0.414 e. The number of rotatable bonds is 36. The molecule has 504 valence electrons. The van der Waals surface area contributed by atoms with Crippen molar-refractivity contribution in [3.63, 3.8) is 0 Å². The first-order chi connectivity index (χ1) is 43.0. The van der Waals surface area contributed by atoms with Crippen LogP contribution in [-0.4, -0.2) is 183 Å². The summed E-state index contributed by atoms with van der Waals surface area (Å²) < 4.78 is 17.7. The summed E-state index contributed by atoms with van der Waals surface area (Å²) in [4.78, 5) is 127. The summed E-state index contributed by atoms with van der Waals surface area (Å²) in [6.07, 6.45) is 0.972. The van der Waals surface area contributed by atoms with E-state index < -0.39 is 96.2 Å². The molecule has 24 nitrogen and oxygen atoms in total. The summed E-state index contributed by atoms with van der Waals surface area (Å²) in [5, 5.41) is 23.8. The van der Waals surface area contributed by atoms with Crippen LogP contribution < -0.4 is 43.0 Å². The first kappa shape index (κ1) is 75.8. The minimum Gasteiger partial charge on any atom is -0.480 e. The van der Waals surface area contributed by atoms with Crippen LogP contribution >= 0.6 is 0 Å². The van der Waals surface area contributed by atoms with Gasteiger partial charge in [0, 0.05) is 65.7 Å². The highest BCUT2D eigenvalue weighted by molar-refractivity contribution is 5.98. The van der Waals surface area contributed by atoms with Crippen LogP contribution in [0, 0.1) is 29.6 Å². The number of nitrogens with zero attached hydrogens (tertiary/aromatic N) is 4. The zero-order valence-electron chi connectivity index (χ0n) is 55.9. The molecule has 11 atom stereocenters. The molecule has 3 aromatic carbocycles. The van der Waals surface area contributed by atoms with Gasteiger partial charge >= 0.3 is 18.1 Å². The van der Waals surface area contributed by atoms with Gasteiger partial charge in [0.15, 0.2) is 0 Å². The number of carboxylic acid groups (broad SMARTS) is 1. The predicted molar refractivity (Wildman–Crippen MR) is 349 cm³/mol. The Morgan fingerprint density at radius 3 is 1.91 bits per heavy atom. The van der Waals surface area contributed by atoms with Crippen molar-refractivity contribution >= 4 is 64.9 Å². The third kappa shape index (κ3) is 22.6. The molecular weight excluding hydrogens is 1170 g/mol. The SMILES string of the molecule is CCC(C)C(C(CC(=O)N1CCCC1C(OC)C(C)C(=O)NC(Cc1ccccc1)C(=O)O)OC)N(C)C(=O)C(NC(=O)C(C(C)C)N(C)CCc1ccc(N(C)C(=O)OCc2ccc(NC(=O)C(CCCNC(N)=O)NC(=O)C(N)C(C)C)cc2)cc1)C(C)C. The molecule has 0 aliphatic carbocycles. The quantitative estimate of drug-likeness (QED) is 0.0325. The topological polar surface area (TPSA) is 327 Å². The summed E-state index contributed by atoms with van der Waals surface area (Å²) >= 11 is 0. The van der Waals surface area contributed by atoms with Gasteiger partial charge in [-0.25, -0.2) is 14.4 Å². The van der Waals surface area contributed by atoms with Crippen LogP contribution in [0.3, 0.4) is 0 Å². The van der Waals surface area contributed by atoms with Gasteiger partial charge in [0.25, 0.3) is 0 Å². The Hall–Kier alpha value is -7.67. The number of urea groups is 1. The fraction of sp³-hybridized carbons (Fsp3) is 0.597. The third-order valence-corrected chi connectivity index (χ3v) is 17.3. The van der Waals surface area contributed by atoms with Crippen molar-refractivity contribution in [2.24, 2.45) is 41.1 Å². The lowest BCUT2D eigenvalue weighted by Crippen LogP contribution is -2.60. The maximum atomic E-state index is 14.8. The van der Waals surface area contributed by atoms with E-state index in [0.717, 1.165) is 11.1 Å². The van der Waals surface area contributed by atoms with Gasteiger partial charge in [0.2, 0.25) is 35.4 Å². The second kappa shape index (κ2) is 37.0. The smallest absolute Gasteiger partial charge is 0.414 e. The summed E-state index contributed by atoms with van der Waals surface area (Å²) in [5.74, 6) is -5.01. The molecule has 3 aromatic rings. The molecular formula is C67H103N11O13. The van der Waals surface area contributed by atoms with E-state index in [2.05, 4.69) is 26.6 Å². The van der Waals surface area contributed by atoms with E-state index in [-0.39, 0.29) is 73.8 Å². The largest absolute Gasteiger partial charge is 0.480 e. The van der Waals surface area contributed by atoms with E-state index in [1.807, 2.05) is 83.8 Å². The highest BCUT2D eigenvalue weighted by Gasteiger charge is 2.44. The van der Waals surface area contributed by atoms with Crippen molar-refractivity contribution in [1.82, 2.24) is 36.0 Å². The number of nitrogens with two attached hydrogens (primary N) is 2. The lowest BCUT2D eigenvalue weighted by Gasteiger charge is -2.41. The minimum absolute atomic E-state index is 0.0527. The Morgan fingerprint density at radius 1 is 0.725 bits per heavy atom. The summed E-state index contributed by atoms with van der Waals surface area (Å²) in [6.45, 7) is 18.0. The molecule has 1 fully saturated rings. The average Bonchev–Trinajstić information content (AvgIpc) is 2.42. The Kier molecular flexibility index (Phi) is 30.8. The Labute approximate surface area is 537 Å². The number of carbonyl (C=O) groups is 9. The van der Waals surface area contributed by atoms with Crippen LogP contribution in [0.4, 0.5) is 21.0 Å². The highest BCUT2D eigenvalue weighted by atomic mass is 16.6. The number of aliphatic carboxylic acids is 1. The number of hydrogen-bond donors (Lipinski definition) is 8. The van der Waals surface area contributed by atoms with E-state index in [9.17, 15) is 48.3 Å². The number of likely N-dealkylation sites (N-methyl/N-ethyl adjacent to an activating group) is 2. The maximum absolute atomic E-state index is 14.8. The molecule has 0 radical (unpaired) electrons. The molecule has 0 saturated carbocycles. The standard InChI is InChI=1S/C67H103N11O13/c1-15-43(8)58(53(89-13)38-54(79)78-35-20-24-52(78)59(90-14)44(9)60(80)73-51(65(85)86)37-46-21-17-16-18-22-46)77(12)64(84)56(41(4)5)74-63(83)57(42(6)7)75(10)36-33-45-27-31-49(32-28-45)76(11)67(88)91-39-47-25-29-48(30-26-47)71-61(81)50(23-19-34-70-66(69)87)72-62(82)55(68)40(2)3/h16-18,21-22,25-32,40-44,50-53,55-59H,15,19-20,23-24,33-39,68H2,1-14H3,(H,71,81)(H,72,82)(H,73,80)(H,74,83)(H,85,86)(H3,69,70,87). The van der Waals surface area contributed by atoms with Crippen molar-refractivity contribution in [3.05, 3.63) is 95.6 Å². The van der Waals surface area contributed by atoms with Gasteiger partial charge in [-0.1, -0.05) is 123 Å². The van der Waals surface area contributed by atoms with Crippen LogP contribution in [0.5, 0.6) is 0 Å². The first-order valence-electron chi connectivity index (χ1n) is 31.7. The highest BCUT2D eigenvalue weighted by Crippen LogP contribution is 2.30.